The smallest absolute Gasteiger partial charge is 0.304 e. The zero-order valence-electron chi connectivity index (χ0n) is 15.1. The molecule has 0 aromatic carbocycles. The minimum Gasteiger partial charge on any atom is -0.445 e. The van der Waals surface area contributed by atoms with Gasteiger partial charge in [-0.05, 0) is 67.4 Å². The predicted molar refractivity (Wildman–Crippen MR) is 95.3 cm³/mol. The quantitative estimate of drug-likeness (QED) is 0.539. The first kappa shape index (κ1) is 16.6. The van der Waals surface area contributed by atoms with E-state index in [4.69, 9.17) is 11.2 Å². The third-order valence-electron chi connectivity index (χ3n) is 7.54. The molecule has 0 radical (unpaired) electrons. The number of carbonyl (C=O) groups is 2. The average Bonchev–Trinajstić information content (AvgIpc) is 2.87. The Morgan fingerprint density at radius 1 is 1.32 bits per heavy atom. The number of hydrogen-bond acceptors (Lipinski definition) is 3. The molecule has 0 aliphatic heterocycles. The highest BCUT2D eigenvalue weighted by Gasteiger charge is 2.63. The SMILES string of the molecule is C#C[C@]1(OC(C)=O)CC[C@H]2[C@@H]3C=CC4=CC(=O)CCC4[C@H]3CC[C@@]21C. The summed E-state index contributed by atoms with van der Waals surface area (Å²) < 4.78 is 5.77. The molecule has 0 saturated heterocycles. The van der Waals surface area contributed by atoms with E-state index in [1.807, 2.05) is 6.08 Å². The second kappa shape index (κ2) is 5.59. The highest BCUT2D eigenvalue weighted by molar-refractivity contribution is 5.91. The number of fused-ring (bicyclic) bond motifs is 5. The van der Waals surface area contributed by atoms with Gasteiger partial charge < -0.3 is 4.74 Å². The van der Waals surface area contributed by atoms with Crippen LogP contribution in [0.4, 0.5) is 0 Å². The highest BCUT2D eigenvalue weighted by atomic mass is 16.6. The largest absolute Gasteiger partial charge is 0.445 e. The van der Waals surface area contributed by atoms with Crippen molar-refractivity contribution in [3.05, 3.63) is 23.8 Å². The Morgan fingerprint density at radius 2 is 2.12 bits per heavy atom. The van der Waals surface area contributed by atoms with Crippen LogP contribution in [0.5, 0.6) is 0 Å². The van der Waals surface area contributed by atoms with Gasteiger partial charge in [-0.25, -0.2) is 0 Å². The van der Waals surface area contributed by atoms with Crippen molar-refractivity contribution in [2.45, 2.75) is 58.0 Å². The number of hydrogen-bond donors (Lipinski definition) is 0. The third kappa shape index (κ3) is 2.26. The molecule has 0 aromatic rings. The van der Waals surface area contributed by atoms with Crippen LogP contribution in [0.15, 0.2) is 23.8 Å². The molecule has 0 spiro atoms. The summed E-state index contributed by atoms with van der Waals surface area (Å²) in [4.78, 5) is 23.5. The number of ketones is 1. The maximum atomic E-state index is 11.8. The van der Waals surface area contributed by atoms with Gasteiger partial charge in [0.05, 0.1) is 0 Å². The van der Waals surface area contributed by atoms with E-state index < -0.39 is 5.60 Å². The molecule has 3 nitrogen and oxygen atoms in total. The van der Waals surface area contributed by atoms with Gasteiger partial charge in [-0.1, -0.05) is 25.0 Å². The fourth-order valence-corrected chi connectivity index (χ4v) is 6.33. The molecule has 4 aliphatic rings. The van der Waals surface area contributed by atoms with Gasteiger partial charge in [0.1, 0.15) is 0 Å². The van der Waals surface area contributed by atoms with E-state index in [0.717, 1.165) is 32.1 Å². The minimum atomic E-state index is -0.763. The number of allylic oxidation sites excluding steroid dienone is 4. The molecule has 25 heavy (non-hydrogen) atoms. The molecule has 0 aromatic heterocycles. The lowest BCUT2D eigenvalue weighted by Crippen LogP contribution is -2.53. The normalized spacial score (nSPS) is 44.8. The van der Waals surface area contributed by atoms with Crippen molar-refractivity contribution in [1.29, 1.82) is 0 Å². The van der Waals surface area contributed by atoms with E-state index in [9.17, 15) is 9.59 Å². The van der Waals surface area contributed by atoms with Crippen LogP contribution in [-0.2, 0) is 14.3 Å². The fraction of sp³-hybridized carbons (Fsp3) is 0.636. The van der Waals surface area contributed by atoms with Gasteiger partial charge in [-0.2, -0.15) is 0 Å². The van der Waals surface area contributed by atoms with E-state index in [0.29, 0.717) is 30.1 Å². The summed E-state index contributed by atoms with van der Waals surface area (Å²) in [6.45, 7) is 3.69. The molecule has 2 saturated carbocycles. The Balaban J connectivity index is 1.69. The van der Waals surface area contributed by atoms with Crippen LogP contribution in [-0.4, -0.2) is 17.4 Å². The molecule has 0 amide bonds. The predicted octanol–water partition coefficient (Wildman–Crippen LogP) is 3.84. The maximum Gasteiger partial charge on any atom is 0.304 e. The van der Waals surface area contributed by atoms with Crippen molar-refractivity contribution in [3.8, 4) is 12.3 Å². The van der Waals surface area contributed by atoms with E-state index in [-0.39, 0.29) is 17.2 Å². The van der Waals surface area contributed by atoms with Gasteiger partial charge in [-0.3, -0.25) is 9.59 Å². The number of carbonyl (C=O) groups excluding carboxylic acids is 2. The van der Waals surface area contributed by atoms with Crippen molar-refractivity contribution in [2.75, 3.05) is 0 Å². The van der Waals surface area contributed by atoms with Gasteiger partial charge >= 0.3 is 5.97 Å². The van der Waals surface area contributed by atoms with Crippen molar-refractivity contribution >= 4 is 11.8 Å². The Morgan fingerprint density at radius 3 is 2.84 bits per heavy atom. The van der Waals surface area contributed by atoms with Gasteiger partial charge in [-0.15, -0.1) is 6.42 Å². The molecule has 0 bridgehead atoms. The summed E-state index contributed by atoms with van der Waals surface area (Å²) in [5.41, 5.74) is 0.299. The second-order valence-corrected chi connectivity index (χ2v) is 8.52. The summed E-state index contributed by atoms with van der Waals surface area (Å²) in [5.74, 6) is 4.87. The third-order valence-corrected chi connectivity index (χ3v) is 7.54. The van der Waals surface area contributed by atoms with E-state index >= 15 is 0 Å². The molecule has 1 unspecified atom stereocenters. The summed E-state index contributed by atoms with van der Waals surface area (Å²) in [7, 11) is 0. The first-order chi connectivity index (χ1) is 11.9. The number of terminal acetylenes is 1. The molecule has 0 N–H and O–H groups in total. The Hall–Kier alpha value is -1.82. The zero-order valence-corrected chi connectivity index (χ0v) is 15.1. The summed E-state index contributed by atoms with van der Waals surface area (Å²) >= 11 is 0. The lowest BCUT2D eigenvalue weighted by atomic mass is 9.52. The van der Waals surface area contributed by atoms with Crippen LogP contribution in [0.25, 0.3) is 0 Å². The number of ether oxygens (including phenoxy) is 1. The van der Waals surface area contributed by atoms with Crippen LogP contribution < -0.4 is 0 Å². The van der Waals surface area contributed by atoms with Gasteiger partial charge in [0, 0.05) is 18.8 Å². The van der Waals surface area contributed by atoms with Crippen LogP contribution in [0, 0.1) is 41.4 Å². The fourth-order valence-electron chi connectivity index (χ4n) is 6.33. The van der Waals surface area contributed by atoms with Crippen LogP contribution >= 0.6 is 0 Å². The van der Waals surface area contributed by atoms with Gasteiger partial charge in [0.15, 0.2) is 11.4 Å². The first-order valence-electron chi connectivity index (χ1n) is 9.50. The molecule has 132 valence electrons. The maximum absolute atomic E-state index is 11.8. The minimum absolute atomic E-state index is 0.162. The van der Waals surface area contributed by atoms with Crippen LogP contribution in [0.1, 0.15) is 52.4 Å². The van der Waals surface area contributed by atoms with Gasteiger partial charge in [0.2, 0.25) is 0 Å². The molecule has 6 atom stereocenters. The van der Waals surface area contributed by atoms with Crippen molar-refractivity contribution < 1.29 is 14.3 Å². The molecule has 0 heterocycles. The van der Waals surface area contributed by atoms with E-state index in [2.05, 4.69) is 25.0 Å². The molecular formula is C22H26O3. The average molecular weight is 338 g/mol. The lowest BCUT2D eigenvalue weighted by Gasteiger charge is -2.53. The van der Waals surface area contributed by atoms with E-state index in [1.54, 1.807) is 0 Å². The molecule has 2 fully saturated rings. The Bertz CT molecular complexity index is 724. The number of rotatable bonds is 1. The standard InChI is InChI=1S/C22H26O3/c1-4-22(25-14(2)23)12-10-20-19-7-5-15-13-16(24)6-8-17(15)18(19)9-11-21(20,22)3/h1,5,7,13,17-20H,6,8-12H2,2-3H3/t17?,18-,19-,20+,21+,22+/m1/s1. The van der Waals surface area contributed by atoms with Crippen LogP contribution in [0.3, 0.4) is 0 Å². The van der Waals surface area contributed by atoms with Crippen molar-refractivity contribution in [2.24, 2.45) is 29.1 Å². The molecule has 4 rings (SSSR count). The van der Waals surface area contributed by atoms with E-state index in [1.165, 1.54) is 12.5 Å². The monoisotopic (exact) mass is 338 g/mol. The first-order valence-corrected chi connectivity index (χ1v) is 9.50. The topological polar surface area (TPSA) is 43.4 Å². The van der Waals surface area contributed by atoms with Crippen LogP contribution in [0.2, 0.25) is 0 Å². The Kier molecular flexibility index (Phi) is 3.72. The number of esters is 1. The van der Waals surface area contributed by atoms with Gasteiger partial charge in [0.25, 0.3) is 0 Å². The lowest BCUT2D eigenvalue weighted by molar-refractivity contribution is -0.166. The highest BCUT2D eigenvalue weighted by Crippen LogP contribution is 2.64. The zero-order chi connectivity index (χ0) is 17.8. The van der Waals surface area contributed by atoms with Crippen molar-refractivity contribution in [1.82, 2.24) is 0 Å². The second-order valence-electron chi connectivity index (χ2n) is 8.52. The molecule has 3 heteroatoms. The summed E-state index contributed by atoms with van der Waals surface area (Å²) in [6.07, 6.45) is 17.7. The molecule has 4 aliphatic carbocycles. The summed E-state index contributed by atoms with van der Waals surface area (Å²) in [6, 6.07) is 0. The van der Waals surface area contributed by atoms with Crippen molar-refractivity contribution in [3.63, 3.8) is 0 Å². The summed E-state index contributed by atoms with van der Waals surface area (Å²) in [5, 5.41) is 0. The molecular weight excluding hydrogens is 312 g/mol. The Labute approximate surface area is 149 Å².